The lowest BCUT2D eigenvalue weighted by molar-refractivity contribution is -0.147. The van der Waals surface area contributed by atoms with Crippen LogP contribution in [0.1, 0.15) is 32.4 Å². The van der Waals surface area contributed by atoms with Crippen molar-refractivity contribution in [3.05, 3.63) is 18.2 Å². The van der Waals surface area contributed by atoms with Crippen LogP contribution in [0.2, 0.25) is 0 Å². The normalized spacial score (nSPS) is 13.7. The van der Waals surface area contributed by atoms with Gasteiger partial charge in [0.05, 0.1) is 25.3 Å². The number of hydrogen-bond donors (Lipinski definition) is 7. The number of nitrogens with two attached hydrogens (primary N) is 1. The number of H-pyrrole nitrogens is 1. The zero-order valence-corrected chi connectivity index (χ0v) is 17.3. The molecular weight excluding hydrogens is 412 g/mol. The first-order valence-corrected chi connectivity index (χ1v) is 9.54. The maximum atomic E-state index is 12.5. The van der Waals surface area contributed by atoms with Crippen LogP contribution in [0.4, 0.5) is 0 Å². The largest absolute Gasteiger partial charge is 0.481 e. The van der Waals surface area contributed by atoms with E-state index in [0.29, 0.717) is 5.69 Å². The van der Waals surface area contributed by atoms with E-state index in [0.717, 1.165) is 0 Å². The van der Waals surface area contributed by atoms with E-state index >= 15 is 0 Å². The van der Waals surface area contributed by atoms with Crippen molar-refractivity contribution in [3.8, 4) is 0 Å². The molecule has 0 aromatic carbocycles. The summed E-state index contributed by atoms with van der Waals surface area (Å²) in [6, 6.07) is -3.53. The average Bonchev–Trinajstić information content (AvgIpc) is 3.17. The molecule has 1 aromatic heterocycles. The van der Waals surface area contributed by atoms with Crippen LogP contribution in [0, 0.1) is 5.92 Å². The Bertz CT molecular complexity index is 780. The van der Waals surface area contributed by atoms with Gasteiger partial charge >= 0.3 is 11.9 Å². The fourth-order valence-corrected chi connectivity index (χ4v) is 2.62. The Labute approximate surface area is 178 Å². The Hall–Kier alpha value is -3.48. The Morgan fingerprint density at radius 2 is 1.77 bits per heavy atom. The van der Waals surface area contributed by atoms with Crippen molar-refractivity contribution in [3.63, 3.8) is 0 Å². The number of aromatic nitrogens is 2. The first-order chi connectivity index (χ1) is 14.5. The lowest BCUT2D eigenvalue weighted by Crippen LogP contribution is -2.54. The number of nitrogens with one attached hydrogen (secondary N) is 4. The third kappa shape index (κ3) is 9.71. The number of aliphatic carboxylic acids is 2. The van der Waals surface area contributed by atoms with E-state index in [-0.39, 0.29) is 18.8 Å². The predicted molar refractivity (Wildman–Crippen MR) is 106 cm³/mol. The van der Waals surface area contributed by atoms with Crippen LogP contribution < -0.4 is 21.7 Å². The van der Waals surface area contributed by atoms with Crippen LogP contribution in [0.5, 0.6) is 0 Å². The van der Waals surface area contributed by atoms with Gasteiger partial charge in [0, 0.05) is 18.3 Å². The highest BCUT2D eigenvalue weighted by atomic mass is 16.4. The number of carbonyl (C=O) groups excluding carboxylic acids is 3. The van der Waals surface area contributed by atoms with Gasteiger partial charge in [-0.2, -0.15) is 0 Å². The summed E-state index contributed by atoms with van der Waals surface area (Å²) in [6.45, 7) is 3.09. The summed E-state index contributed by atoms with van der Waals surface area (Å²) in [5.74, 6) is -4.99. The Kier molecular flexibility index (Phi) is 10.1. The molecule has 1 aromatic rings. The van der Waals surface area contributed by atoms with Gasteiger partial charge in [-0.3, -0.25) is 19.2 Å². The summed E-state index contributed by atoms with van der Waals surface area (Å²) < 4.78 is 0. The van der Waals surface area contributed by atoms with Crippen molar-refractivity contribution in [1.29, 1.82) is 0 Å². The minimum Gasteiger partial charge on any atom is -0.481 e. The molecule has 3 unspecified atom stereocenters. The van der Waals surface area contributed by atoms with Crippen molar-refractivity contribution in [2.45, 2.75) is 51.2 Å². The number of aromatic amines is 1. The first kappa shape index (κ1) is 25.6. The van der Waals surface area contributed by atoms with Gasteiger partial charge in [0.2, 0.25) is 17.7 Å². The topological polar surface area (TPSA) is 217 Å². The van der Waals surface area contributed by atoms with Crippen molar-refractivity contribution >= 4 is 29.7 Å². The van der Waals surface area contributed by atoms with Crippen LogP contribution in [-0.4, -0.2) is 74.5 Å². The van der Waals surface area contributed by atoms with Crippen LogP contribution in [0.25, 0.3) is 0 Å². The van der Waals surface area contributed by atoms with E-state index in [1.54, 1.807) is 0 Å². The second kappa shape index (κ2) is 12.3. The molecule has 3 atom stereocenters. The molecule has 0 spiro atoms. The molecule has 0 saturated heterocycles. The quantitative estimate of drug-likeness (QED) is 0.180. The van der Waals surface area contributed by atoms with E-state index in [4.69, 9.17) is 15.9 Å². The highest BCUT2D eigenvalue weighted by molar-refractivity contribution is 5.93. The molecule has 13 nitrogen and oxygen atoms in total. The van der Waals surface area contributed by atoms with Crippen LogP contribution in [0.3, 0.4) is 0 Å². The average molecular weight is 440 g/mol. The summed E-state index contributed by atoms with van der Waals surface area (Å²) in [7, 11) is 0. The summed E-state index contributed by atoms with van der Waals surface area (Å²) in [4.78, 5) is 65.1. The number of carbonyl (C=O) groups is 5. The van der Waals surface area contributed by atoms with E-state index in [2.05, 4.69) is 20.6 Å². The standard InChI is InChI=1S/C18H28N6O7/c1-9(2)3-12(24-16(28)11(19)4-10-6-20-8-22-10)17(29)21-7-14(25)23-13(18(30)31)5-15(26)27/h6,8-9,11-13H,3-5,7,19H2,1-2H3,(H,20,22)(H,21,29)(H,23,25)(H,24,28)(H,26,27)(H,30,31). The molecular formula is C18H28N6O7. The predicted octanol–water partition coefficient (Wildman–Crippen LogP) is -2.03. The number of imidazole rings is 1. The zero-order valence-electron chi connectivity index (χ0n) is 17.3. The van der Waals surface area contributed by atoms with Crippen molar-refractivity contribution in [1.82, 2.24) is 25.9 Å². The number of hydrogen-bond acceptors (Lipinski definition) is 7. The van der Waals surface area contributed by atoms with Crippen LogP contribution in [-0.2, 0) is 30.4 Å². The minimum atomic E-state index is -1.63. The van der Waals surface area contributed by atoms with Gasteiger partial charge in [0.15, 0.2) is 0 Å². The number of amides is 3. The molecule has 13 heteroatoms. The van der Waals surface area contributed by atoms with Gasteiger partial charge < -0.3 is 36.9 Å². The molecule has 31 heavy (non-hydrogen) atoms. The Morgan fingerprint density at radius 1 is 1.10 bits per heavy atom. The van der Waals surface area contributed by atoms with Crippen LogP contribution >= 0.6 is 0 Å². The van der Waals surface area contributed by atoms with Gasteiger partial charge in [0.25, 0.3) is 0 Å². The lowest BCUT2D eigenvalue weighted by Gasteiger charge is -2.22. The minimum absolute atomic E-state index is 0.0284. The second-order valence-corrected chi connectivity index (χ2v) is 7.35. The van der Waals surface area contributed by atoms with Crippen molar-refractivity contribution < 1.29 is 34.2 Å². The van der Waals surface area contributed by atoms with Gasteiger partial charge in [-0.15, -0.1) is 0 Å². The maximum Gasteiger partial charge on any atom is 0.326 e. The maximum absolute atomic E-state index is 12.5. The molecule has 3 amide bonds. The first-order valence-electron chi connectivity index (χ1n) is 9.54. The molecule has 1 rings (SSSR count). The smallest absolute Gasteiger partial charge is 0.326 e. The second-order valence-electron chi connectivity index (χ2n) is 7.35. The molecule has 0 aliphatic heterocycles. The van der Waals surface area contributed by atoms with Gasteiger partial charge in [-0.25, -0.2) is 9.78 Å². The van der Waals surface area contributed by atoms with E-state index in [1.165, 1.54) is 12.5 Å². The summed E-state index contributed by atoms with van der Waals surface area (Å²) in [5, 5.41) is 24.5. The molecule has 0 radical (unpaired) electrons. The third-order valence-electron chi connectivity index (χ3n) is 4.11. The van der Waals surface area contributed by atoms with Crippen molar-refractivity contribution in [2.75, 3.05) is 6.54 Å². The highest BCUT2D eigenvalue weighted by Gasteiger charge is 2.27. The fourth-order valence-electron chi connectivity index (χ4n) is 2.62. The Morgan fingerprint density at radius 3 is 2.29 bits per heavy atom. The molecule has 0 aliphatic carbocycles. The molecule has 8 N–H and O–H groups in total. The number of carboxylic acid groups (broad SMARTS) is 2. The van der Waals surface area contributed by atoms with E-state index < -0.39 is 60.8 Å². The number of carboxylic acids is 2. The van der Waals surface area contributed by atoms with E-state index in [9.17, 15) is 24.0 Å². The molecule has 0 bridgehead atoms. The highest BCUT2D eigenvalue weighted by Crippen LogP contribution is 2.06. The molecule has 0 saturated carbocycles. The molecule has 172 valence electrons. The van der Waals surface area contributed by atoms with Gasteiger partial charge in [-0.1, -0.05) is 13.8 Å². The monoisotopic (exact) mass is 440 g/mol. The fraction of sp³-hybridized carbons (Fsp3) is 0.556. The van der Waals surface area contributed by atoms with E-state index in [1.807, 2.05) is 19.2 Å². The SMILES string of the molecule is CC(C)CC(NC(=O)C(N)Cc1cnc[nH]1)C(=O)NCC(=O)NC(CC(=O)O)C(=O)O. The Balaban J connectivity index is 2.64. The summed E-state index contributed by atoms with van der Waals surface area (Å²) in [6.07, 6.45) is 2.62. The molecule has 0 fully saturated rings. The summed E-state index contributed by atoms with van der Waals surface area (Å²) in [5.41, 5.74) is 6.52. The number of nitrogens with zero attached hydrogens (tertiary/aromatic N) is 1. The third-order valence-corrected chi connectivity index (χ3v) is 4.11. The number of rotatable bonds is 13. The van der Waals surface area contributed by atoms with Crippen molar-refractivity contribution in [2.24, 2.45) is 11.7 Å². The van der Waals surface area contributed by atoms with Gasteiger partial charge in [0.1, 0.15) is 12.1 Å². The van der Waals surface area contributed by atoms with Gasteiger partial charge in [-0.05, 0) is 12.3 Å². The molecule has 0 aliphatic rings. The zero-order chi connectivity index (χ0) is 23.6. The summed E-state index contributed by atoms with van der Waals surface area (Å²) >= 11 is 0. The van der Waals surface area contributed by atoms with Crippen LogP contribution in [0.15, 0.2) is 12.5 Å². The lowest BCUT2D eigenvalue weighted by atomic mass is 10.0. The molecule has 1 heterocycles.